The van der Waals surface area contributed by atoms with E-state index in [-0.39, 0.29) is 11.8 Å². The number of nitro groups is 1. The van der Waals surface area contributed by atoms with Gasteiger partial charge in [0.2, 0.25) is 0 Å². The first-order chi connectivity index (χ1) is 8.54. The summed E-state index contributed by atoms with van der Waals surface area (Å²) in [6.07, 6.45) is 1.97. The maximum absolute atomic E-state index is 10.7. The lowest BCUT2D eigenvalue weighted by molar-refractivity contribution is -0.384. The number of benzene rings is 1. The number of nitrogens with zero attached hydrogens (tertiary/aromatic N) is 2. The molecule has 1 heterocycles. The maximum atomic E-state index is 10.7. The van der Waals surface area contributed by atoms with Crippen LogP contribution < -0.4 is 10.5 Å². The SMILES string of the molecule is CN1CCC(Oc2cc(N)cc([N+](=O)[O-])c2)CC1. The molecule has 6 nitrogen and oxygen atoms in total. The Kier molecular flexibility index (Phi) is 3.66. The molecule has 0 amide bonds. The third-order valence-corrected chi connectivity index (χ3v) is 3.09. The molecular weight excluding hydrogens is 234 g/mol. The van der Waals surface area contributed by atoms with E-state index in [1.165, 1.54) is 12.1 Å². The van der Waals surface area contributed by atoms with Gasteiger partial charge in [-0.3, -0.25) is 10.1 Å². The molecule has 0 aliphatic carbocycles. The van der Waals surface area contributed by atoms with Crippen molar-refractivity contribution < 1.29 is 9.66 Å². The van der Waals surface area contributed by atoms with E-state index in [0.29, 0.717) is 11.4 Å². The lowest BCUT2D eigenvalue weighted by atomic mass is 10.1. The number of likely N-dealkylation sites (tertiary alicyclic amines) is 1. The van der Waals surface area contributed by atoms with E-state index in [1.54, 1.807) is 6.07 Å². The van der Waals surface area contributed by atoms with Crippen LogP contribution in [0, 0.1) is 10.1 Å². The number of piperidine rings is 1. The average Bonchev–Trinajstić information content (AvgIpc) is 2.31. The normalized spacial score (nSPS) is 17.6. The molecule has 18 heavy (non-hydrogen) atoms. The van der Waals surface area contributed by atoms with Crippen molar-refractivity contribution in [3.05, 3.63) is 28.3 Å². The van der Waals surface area contributed by atoms with E-state index in [2.05, 4.69) is 11.9 Å². The highest BCUT2D eigenvalue weighted by atomic mass is 16.6. The molecule has 0 saturated carbocycles. The first-order valence-electron chi connectivity index (χ1n) is 5.95. The van der Waals surface area contributed by atoms with E-state index in [0.717, 1.165) is 25.9 Å². The Hall–Kier alpha value is -1.82. The molecular formula is C12H17N3O3. The summed E-state index contributed by atoms with van der Waals surface area (Å²) in [5.41, 5.74) is 5.96. The largest absolute Gasteiger partial charge is 0.490 e. The van der Waals surface area contributed by atoms with E-state index in [1.807, 2.05) is 0 Å². The molecule has 1 saturated heterocycles. The highest BCUT2D eigenvalue weighted by Crippen LogP contribution is 2.26. The summed E-state index contributed by atoms with van der Waals surface area (Å²) in [4.78, 5) is 12.5. The van der Waals surface area contributed by atoms with E-state index in [9.17, 15) is 10.1 Å². The minimum Gasteiger partial charge on any atom is -0.490 e. The van der Waals surface area contributed by atoms with Gasteiger partial charge in [0.25, 0.3) is 5.69 Å². The smallest absolute Gasteiger partial charge is 0.275 e. The first-order valence-corrected chi connectivity index (χ1v) is 5.95. The molecule has 1 aliphatic heterocycles. The third-order valence-electron chi connectivity index (χ3n) is 3.09. The van der Waals surface area contributed by atoms with E-state index < -0.39 is 4.92 Å². The molecule has 6 heteroatoms. The van der Waals surface area contributed by atoms with Crippen LogP contribution in [0.2, 0.25) is 0 Å². The Labute approximate surface area is 105 Å². The molecule has 0 bridgehead atoms. The van der Waals surface area contributed by atoms with Crippen LogP contribution in [-0.4, -0.2) is 36.1 Å². The Morgan fingerprint density at radius 1 is 1.39 bits per heavy atom. The number of rotatable bonds is 3. The predicted octanol–water partition coefficient (Wildman–Crippen LogP) is 1.65. The number of hydrogen-bond acceptors (Lipinski definition) is 5. The summed E-state index contributed by atoms with van der Waals surface area (Å²) in [6, 6.07) is 4.39. The van der Waals surface area contributed by atoms with Crippen molar-refractivity contribution in [2.24, 2.45) is 0 Å². The van der Waals surface area contributed by atoms with Crippen LogP contribution in [0.15, 0.2) is 18.2 Å². The zero-order valence-electron chi connectivity index (χ0n) is 10.3. The number of nitrogen functional groups attached to an aromatic ring is 1. The summed E-state index contributed by atoms with van der Waals surface area (Å²) in [7, 11) is 2.07. The fourth-order valence-electron chi connectivity index (χ4n) is 2.07. The van der Waals surface area contributed by atoms with Gasteiger partial charge >= 0.3 is 0 Å². The number of ether oxygens (including phenoxy) is 1. The minimum absolute atomic E-state index is 0.0297. The van der Waals surface area contributed by atoms with E-state index in [4.69, 9.17) is 10.5 Å². The molecule has 2 rings (SSSR count). The molecule has 1 aromatic carbocycles. The van der Waals surface area contributed by atoms with Crippen molar-refractivity contribution in [1.82, 2.24) is 4.90 Å². The molecule has 1 fully saturated rings. The summed E-state index contributed by atoms with van der Waals surface area (Å²) < 4.78 is 5.76. The summed E-state index contributed by atoms with van der Waals surface area (Å²) >= 11 is 0. The summed E-state index contributed by atoms with van der Waals surface area (Å²) in [5, 5.41) is 10.7. The Balaban J connectivity index is 2.07. The molecule has 0 radical (unpaired) electrons. The highest BCUT2D eigenvalue weighted by molar-refractivity contribution is 5.53. The second-order valence-electron chi connectivity index (χ2n) is 4.64. The number of nitrogens with two attached hydrogens (primary N) is 1. The number of non-ortho nitro benzene ring substituents is 1. The van der Waals surface area contributed by atoms with Crippen molar-refractivity contribution >= 4 is 11.4 Å². The molecule has 0 spiro atoms. The van der Waals surface area contributed by atoms with Crippen LogP contribution in [0.3, 0.4) is 0 Å². The fraction of sp³-hybridized carbons (Fsp3) is 0.500. The average molecular weight is 251 g/mol. The third kappa shape index (κ3) is 3.10. The van der Waals surface area contributed by atoms with Gasteiger partial charge in [0, 0.05) is 30.9 Å². The van der Waals surface area contributed by atoms with Crippen LogP contribution in [-0.2, 0) is 0 Å². The lowest BCUT2D eigenvalue weighted by Gasteiger charge is -2.29. The van der Waals surface area contributed by atoms with Gasteiger partial charge in [0.1, 0.15) is 11.9 Å². The molecule has 98 valence electrons. The van der Waals surface area contributed by atoms with Crippen molar-refractivity contribution in [3.63, 3.8) is 0 Å². The molecule has 0 unspecified atom stereocenters. The topological polar surface area (TPSA) is 81.6 Å². The molecule has 0 aromatic heterocycles. The second kappa shape index (κ2) is 5.22. The van der Waals surface area contributed by atoms with Gasteiger partial charge in [-0.25, -0.2) is 0 Å². The molecule has 0 atom stereocenters. The zero-order chi connectivity index (χ0) is 13.1. The lowest BCUT2D eigenvalue weighted by Crippen LogP contribution is -2.35. The molecule has 2 N–H and O–H groups in total. The number of hydrogen-bond donors (Lipinski definition) is 1. The van der Waals surface area contributed by atoms with Crippen LogP contribution in [0.4, 0.5) is 11.4 Å². The Bertz CT molecular complexity index is 442. The summed E-state index contributed by atoms with van der Waals surface area (Å²) in [5.74, 6) is 0.483. The van der Waals surface area contributed by atoms with Gasteiger partial charge in [0.15, 0.2) is 0 Å². The van der Waals surface area contributed by atoms with Crippen LogP contribution in [0.25, 0.3) is 0 Å². The van der Waals surface area contributed by atoms with Gasteiger partial charge in [-0.15, -0.1) is 0 Å². The summed E-state index contributed by atoms with van der Waals surface area (Å²) in [6.45, 7) is 1.96. The predicted molar refractivity (Wildman–Crippen MR) is 68.7 cm³/mol. The maximum Gasteiger partial charge on any atom is 0.275 e. The molecule has 1 aromatic rings. The second-order valence-corrected chi connectivity index (χ2v) is 4.64. The van der Waals surface area contributed by atoms with Crippen LogP contribution in [0.5, 0.6) is 5.75 Å². The monoisotopic (exact) mass is 251 g/mol. The zero-order valence-corrected chi connectivity index (χ0v) is 10.3. The highest BCUT2D eigenvalue weighted by Gasteiger charge is 2.19. The van der Waals surface area contributed by atoms with Crippen LogP contribution in [0.1, 0.15) is 12.8 Å². The van der Waals surface area contributed by atoms with E-state index >= 15 is 0 Å². The van der Waals surface area contributed by atoms with Crippen molar-refractivity contribution in [1.29, 1.82) is 0 Å². The van der Waals surface area contributed by atoms with Crippen molar-refractivity contribution in [2.75, 3.05) is 25.9 Å². The fourth-order valence-corrected chi connectivity index (χ4v) is 2.07. The number of anilines is 1. The Morgan fingerprint density at radius 2 is 2.06 bits per heavy atom. The van der Waals surface area contributed by atoms with Gasteiger partial charge in [0.05, 0.1) is 11.0 Å². The van der Waals surface area contributed by atoms with Gasteiger partial charge < -0.3 is 15.4 Å². The minimum atomic E-state index is -0.460. The Morgan fingerprint density at radius 3 is 2.67 bits per heavy atom. The van der Waals surface area contributed by atoms with Crippen LogP contribution >= 0.6 is 0 Å². The van der Waals surface area contributed by atoms with Gasteiger partial charge in [-0.05, 0) is 19.9 Å². The molecule has 1 aliphatic rings. The van der Waals surface area contributed by atoms with Crippen molar-refractivity contribution in [3.8, 4) is 5.75 Å². The number of nitro benzene ring substituents is 1. The van der Waals surface area contributed by atoms with Gasteiger partial charge in [-0.2, -0.15) is 0 Å². The quantitative estimate of drug-likeness (QED) is 0.502. The van der Waals surface area contributed by atoms with Crippen molar-refractivity contribution in [2.45, 2.75) is 18.9 Å². The first kappa shape index (κ1) is 12.6. The van der Waals surface area contributed by atoms with Gasteiger partial charge in [-0.1, -0.05) is 0 Å². The standard InChI is InChI=1S/C12H17N3O3/c1-14-4-2-11(3-5-14)18-12-7-9(13)6-10(8-12)15(16)17/h6-8,11H,2-5,13H2,1H3.